The minimum atomic E-state index is -0.224. The van der Waals surface area contributed by atoms with Crippen molar-refractivity contribution < 1.29 is 9.53 Å². The van der Waals surface area contributed by atoms with Gasteiger partial charge in [-0.25, -0.2) is 0 Å². The van der Waals surface area contributed by atoms with Crippen LogP contribution in [0.5, 0.6) is 5.75 Å². The maximum atomic E-state index is 12.4. The monoisotopic (exact) mass is 304 g/mol. The average molecular weight is 304 g/mol. The predicted molar refractivity (Wildman–Crippen MR) is 93.8 cm³/mol. The summed E-state index contributed by atoms with van der Waals surface area (Å²) in [5, 5.41) is 2.24. The summed E-state index contributed by atoms with van der Waals surface area (Å²) in [5.41, 5.74) is 3.15. The zero-order chi connectivity index (χ0) is 16.2. The Kier molecular flexibility index (Phi) is 4.42. The van der Waals surface area contributed by atoms with Crippen molar-refractivity contribution in [1.82, 2.24) is 0 Å². The van der Waals surface area contributed by atoms with Crippen molar-refractivity contribution in [3.05, 3.63) is 77.4 Å². The van der Waals surface area contributed by atoms with Crippen molar-refractivity contribution in [3.8, 4) is 5.75 Å². The molecule has 0 aliphatic carbocycles. The minimum absolute atomic E-state index is 0.224. The Morgan fingerprint density at radius 2 is 1.78 bits per heavy atom. The molecular formula is C21H20O2. The lowest BCUT2D eigenvalue weighted by Crippen LogP contribution is -2.12. The number of hydrogen-bond acceptors (Lipinski definition) is 2. The lowest BCUT2D eigenvalue weighted by Gasteiger charge is -2.10. The second-order valence-electron chi connectivity index (χ2n) is 5.74. The minimum Gasteiger partial charge on any atom is -0.426 e. The summed E-state index contributed by atoms with van der Waals surface area (Å²) in [6.07, 6.45) is 1.20. The van der Waals surface area contributed by atoms with Crippen LogP contribution in [0.3, 0.4) is 0 Å². The standard InChI is InChI=1S/C21H20O2/c1-3-16-12-11-15(2)20(13-16)23-21(22)14-18-9-6-8-17-7-4-5-10-19(17)18/h4-13H,3,14H2,1-2H3. The van der Waals surface area contributed by atoms with Crippen molar-refractivity contribution in [2.45, 2.75) is 26.7 Å². The molecule has 3 aromatic rings. The van der Waals surface area contributed by atoms with E-state index in [-0.39, 0.29) is 12.4 Å². The zero-order valence-corrected chi connectivity index (χ0v) is 13.5. The van der Waals surface area contributed by atoms with Crippen LogP contribution in [0.25, 0.3) is 10.8 Å². The summed E-state index contributed by atoms with van der Waals surface area (Å²) >= 11 is 0. The average Bonchev–Trinajstić information content (AvgIpc) is 2.57. The van der Waals surface area contributed by atoms with Crippen LogP contribution in [-0.2, 0) is 17.6 Å². The Balaban J connectivity index is 1.82. The topological polar surface area (TPSA) is 26.3 Å². The molecule has 0 spiro atoms. The highest BCUT2D eigenvalue weighted by atomic mass is 16.5. The number of carbonyl (C=O) groups excluding carboxylic acids is 1. The highest BCUT2D eigenvalue weighted by molar-refractivity contribution is 5.89. The smallest absolute Gasteiger partial charge is 0.315 e. The van der Waals surface area contributed by atoms with E-state index >= 15 is 0 Å². The molecule has 0 bridgehead atoms. The van der Waals surface area contributed by atoms with E-state index in [4.69, 9.17) is 4.74 Å². The van der Waals surface area contributed by atoms with Gasteiger partial charge in [-0.2, -0.15) is 0 Å². The molecule has 0 N–H and O–H groups in total. The molecule has 116 valence electrons. The third kappa shape index (κ3) is 3.42. The maximum absolute atomic E-state index is 12.4. The summed E-state index contributed by atoms with van der Waals surface area (Å²) in [4.78, 5) is 12.4. The Morgan fingerprint density at radius 1 is 1.00 bits per heavy atom. The van der Waals surface area contributed by atoms with Gasteiger partial charge < -0.3 is 4.74 Å². The van der Waals surface area contributed by atoms with Crippen molar-refractivity contribution in [3.63, 3.8) is 0 Å². The van der Waals surface area contributed by atoms with Crippen LogP contribution >= 0.6 is 0 Å². The van der Waals surface area contributed by atoms with Gasteiger partial charge in [-0.15, -0.1) is 0 Å². The van der Waals surface area contributed by atoms with Gasteiger partial charge in [-0.1, -0.05) is 61.5 Å². The summed E-state index contributed by atoms with van der Waals surface area (Å²) in [7, 11) is 0. The first-order chi connectivity index (χ1) is 11.2. The number of ether oxygens (including phenoxy) is 1. The van der Waals surface area contributed by atoms with Crippen LogP contribution in [0.2, 0.25) is 0 Å². The molecule has 0 aliphatic rings. The molecule has 0 aliphatic heterocycles. The summed E-state index contributed by atoms with van der Waals surface area (Å²) in [6.45, 7) is 4.05. The number of aryl methyl sites for hydroxylation is 2. The molecule has 0 aromatic heterocycles. The van der Waals surface area contributed by atoms with Gasteiger partial charge in [-0.05, 0) is 46.9 Å². The SMILES string of the molecule is CCc1ccc(C)c(OC(=O)Cc2cccc3ccccc23)c1. The maximum Gasteiger partial charge on any atom is 0.315 e. The quantitative estimate of drug-likeness (QED) is 0.508. The lowest BCUT2D eigenvalue weighted by molar-refractivity contribution is -0.133. The van der Waals surface area contributed by atoms with Crippen LogP contribution in [0.15, 0.2) is 60.7 Å². The fourth-order valence-electron chi connectivity index (χ4n) is 2.74. The summed E-state index contributed by atoms with van der Waals surface area (Å²) < 4.78 is 5.60. The van der Waals surface area contributed by atoms with Crippen LogP contribution in [-0.4, -0.2) is 5.97 Å². The normalized spacial score (nSPS) is 10.7. The van der Waals surface area contributed by atoms with E-state index in [9.17, 15) is 4.79 Å². The molecule has 3 aromatic carbocycles. The molecule has 0 saturated heterocycles. The molecule has 0 atom stereocenters. The van der Waals surface area contributed by atoms with Gasteiger partial charge in [0.05, 0.1) is 6.42 Å². The Hall–Kier alpha value is -2.61. The molecule has 2 nitrogen and oxygen atoms in total. The van der Waals surface area contributed by atoms with Gasteiger partial charge in [0.2, 0.25) is 0 Å². The van der Waals surface area contributed by atoms with Crippen LogP contribution < -0.4 is 4.74 Å². The first-order valence-corrected chi connectivity index (χ1v) is 7.94. The molecule has 23 heavy (non-hydrogen) atoms. The molecule has 0 heterocycles. The second kappa shape index (κ2) is 6.66. The number of fused-ring (bicyclic) bond motifs is 1. The highest BCUT2D eigenvalue weighted by Gasteiger charge is 2.11. The summed E-state index contributed by atoms with van der Waals surface area (Å²) in [5.74, 6) is 0.437. The van der Waals surface area contributed by atoms with E-state index in [1.54, 1.807) is 0 Å². The van der Waals surface area contributed by atoms with Crippen molar-refractivity contribution in [2.75, 3.05) is 0 Å². The molecule has 3 rings (SSSR count). The summed E-state index contributed by atoms with van der Waals surface area (Å²) in [6, 6.07) is 20.1. The van der Waals surface area contributed by atoms with Crippen LogP contribution in [0.1, 0.15) is 23.6 Å². The Morgan fingerprint density at radius 3 is 2.61 bits per heavy atom. The van der Waals surface area contributed by atoms with Gasteiger partial charge in [-0.3, -0.25) is 4.79 Å². The van der Waals surface area contributed by atoms with E-state index in [2.05, 4.69) is 25.1 Å². The fraction of sp³-hybridized carbons (Fsp3) is 0.190. The number of esters is 1. The van der Waals surface area contributed by atoms with Crippen molar-refractivity contribution in [1.29, 1.82) is 0 Å². The molecular weight excluding hydrogens is 284 g/mol. The number of rotatable bonds is 4. The van der Waals surface area contributed by atoms with E-state index in [0.29, 0.717) is 5.75 Å². The van der Waals surface area contributed by atoms with Crippen LogP contribution in [0, 0.1) is 6.92 Å². The molecule has 0 amide bonds. The molecule has 0 radical (unpaired) electrons. The zero-order valence-electron chi connectivity index (χ0n) is 13.5. The largest absolute Gasteiger partial charge is 0.426 e. The first-order valence-electron chi connectivity index (χ1n) is 7.94. The third-order valence-corrected chi connectivity index (χ3v) is 4.10. The highest BCUT2D eigenvalue weighted by Crippen LogP contribution is 2.22. The number of carbonyl (C=O) groups is 1. The van der Waals surface area contributed by atoms with E-state index in [1.165, 1.54) is 5.56 Å². The molecule has 2 heteroatoms. The first kappa shape index (κ1) is 15.3. The number of benzene rings is 3. The molecule has 0 fully saturated rings. The molecule has 0 saturated carbocycles. The predicted octanol–water partition coefficient (Wildman–Crippen LogP) is 4.86. The van der Waals surface area contributed by atoms with Gasteiger partial charge >= 0.3 is 5.97 Å². The Labute approximate surface area is 136 Å². The van der Waals surface area contributed by atoms with Gasteiger partial charge in [0, 0.05) is 0 Å². The van der Waals surface area contributed by atoms with Gasteiger partial charge in [0.25, 0.3) is 0 Å². The third-order valence-electron chi connectivity index (χ3n) is 4.10. The Bertz CT molecular complexity index is 844. The van der Waals surface area contributed by atoms with Gasteiger partial charge in [0.15, 0.2) is 0 Å². The lowest BCUT2D eigenvalue weighted by atomic mass is 10.0. The second-order valence-corrected chi connectivity index (χ2v) is 5.74. The van der Waals surface area contributed by atoms with E-state index in [1.807, 2.05) is 49.4 Å². The molecule has 0 unspecified atom stereocenters. The van der Waals surface area contributed by atoms with E-state index < -0.39 is 0 Å². The fourth-order valence-corrected chi connectivity index (χ4v) is 2.74. The number of hydrogen-bond donors (Lipinski definition) is 0. The van der Waals surface area contributed by atoms with Crippen LogP contribution in [0.4, 0.5) is 0 Å². The van der Waals surface area contributed by atoms with Gasteiger partial charge in [0.1, 0.15) is 5.75 Å². The van der Waals surface area contributed by atoms with Crippen molar-refractivity contribution in [2.24, 2.45) is 0 Å². The van der Waals surface area contributed by atoms with Crippen molar-refractivity contribution >= 4 is 16.7 Å². The van der Waals surface area contributed by atoms with E-state index in [0.717, 1.165) is 28.3 Å².